The van der Waals surface area contributed by atoms with Crippen LogP contribution in [-0.4, -0.2) is 51.8 Å². The highest BCUT2D eigenvalue weighted by Gasteiger charge is 2.34. The van der Waals surface area contributed by atoms with Crippen molar-refractivity contribution in [1.82, 2.24) is 25.5 Å². The van der Waals surface area contributed by atoms with E-state index in [1.165, 1.54) is 0 Å². The van der Waals surface area contributed by atoms with Crippen molar-refractivity contribution in [3.8, 4) is 11.3 Å². The number of hydrogen-bond acceptors (Lipinski definition) is 5. The maximum atomic E-state index is 12.6. The van der Waals surface area contributed by atoms with Gasteiger partial charge in [-0.15, -0.1) is 0 Å². The van der Waals surface area contributed by atoms with E-state index in [1.807, 2.05) is 36.4 Å². The lowest BCUT2D eigenvalue weighted by Gasteiger charge is -2.34. The van der Waals surface area contributed by atoms with Crippen molar-refractivity contribution in [2.75, 3.05) is 13.1 Å². The summed E-state index contributed by atoms with van der Waals surface area (Å²) >= 11 is 0. The molecule has 0 unspecified atom stereocenters. The highest BCUT2D eigenvalue weighted by molar-refractivity contribution is 6.02. The Morgan fingerprint density at radius 1 is 1.07 bits per heavy atom. The van der Waals surface area contributed by atoms with Crippen molar-refractivity contribution in [2.45, 2.75) is 31.2 Å². The summed E-state index contributed by atoms with van der Waals surface area (Å²) in [6, 6.07) is 10.5. The minimum Gasteiger partial charge on any atom is -0.341 e. The van der Waals surface area contributed by atoms with Crippen LogP contribution in [0.1, 0.15) is 31.0 Å². The zero-order valence-corrected chi connectivity index (χ0v) is 15.3. The van der Waals surface area contributed by atoms with Crippen LogP contribution in [0.4, 0.5) is 4.79 Å². The third-order valence-corrected chi connectivity index (χ3v) is 5.16. The molecule has 8 heteroatoms. The predicted molar refractivity (Wildman–Crippen MR) is 101 cm³/mol. The lowest BCUT2D eigenvalue weighted by Crippen LogP contribution is -2.58. The van der Waals surface area contributed by atoms with Gasteiger partial charge in [-0.1, -0.05) is 30.3 Å². The zero-order valence-electron chi connectivity index (χ0n) is 15.3. The Morgan fingerprint density at radius 3 is 2.54 bits per heavy atom. The number of amides is 4. The molecule has 28 heavy (non-hydrogen) atoms. The number of hydrogen-bond donors (Lipinski definition) is 2. The van der Waals surface area contributed by atoms with Crippen LogP contribution in [0, 0.1) is 0 Å². The first-order valence-electron chi connectivity index (χ1n) is 9.37. The molecule has 144 valence electrons. The van der Waals surface area contributed by atoms with E-state index in [9.17, 15) is 14.4 Å². The fourth-order valence-electron chi connectivity index (χ4n) is 3.68. The molecular weight excluding hydrogens is 358 g/mol. The Morgan fingerprint density at radius 2 is 1.82 bits per heavy atom. The number of carbonyl (C=O) groups is 3. The molecule has 0 spiro atoms. The van der Waals surface area contributed by atoms with Gasteiger partial charge in [-0.05, 0) is 18.9 Å². The minimum absolute atomic E-state index is 0.0211. The van der Waals surface area contributed by atoms with Crippen LogP contribution in [0.25, 0.3) is 11.3 Å². The van der Waals surface area contributed by atoms with E-state index in [-0.39, 0.29) is 18.2 Å². The van der Waals surface area contributed by atoms with Crippen LogP contribution in [0.15, 0.2) is 42.6 Å². The number of urea groups is 1. The molecule has 4 amide bonds. The Hall–Kier alpha value is -3.29. The molecule has 3 heterocycles. The monoisotopic (exact) mass is 379 g/mol. The van der Waals surface area contributed by atoms with Gasteiger partial charge in [-0.2, -0.15) is 0 Å². The number of aromatic nitrogens is 2. The molecule has 0 saturated carbocycles. The van der Waals surface area contributed by atoms with Gasteiger partial charge < -0.3 is 10.2 Å². The minimum atomic E-state index is -0.782. The Balaban J connectivity index is 1.40. The van der Waals surface area contributed by atoms with Gasteiger partial charge in [0.05, 0.1) is 12.1 Å². The fraction of sp³-hybridized carbons (Fsp3) is 0.350. The molecule has 2 aliphatic heterocycles. The third-order valence-electron chi connectivity index (χ3n) is 5.16. The van der Waals surface area contributed by atoms with Crippen molar-refractivity contribution in [3.63, 3.8) is 0 Å². The average molecular weight is 379 g/mol. The summed E-state index contributed by atoms with van der Waals surface area (Å²) < 4.78 is 0. The number of imide groups is 1. The van der Waals surface area contributed by atoms with Gasteiger partial charge in [-0.3, -0.25) is 14.9 Å². The number of carbonyl (C=O) groups excluding carboxylic acids is 3. The Labute approximate surface area is 162 Å². The van der Waals surface area contributed by atoms with Crippen LogP contribution < -0.4 is 10.6 Å². The van der Waals surface area contributed by atoms with Gasteiger partial charge in [0.15, 0.2) is 0 Å². The number of rotatable bonds is 3. The summed E-state index contributed by atoms with van der Waals surface area (Å²) in [6.45, 7) is 1.10. The molecule has 0 bridgehead atoms. The van der Waals surface area contributed by atoms with Gasteiger partial charge >= 0.3 is 6.03 Å². The molecule has 2 aromatic rings. The topological polar surface area (TPSA) is 104 Å². The lowest BCUT2D eigenvalue weighted by molar-refractivity contribution is -0.137. The Kier molecular flexibility index (Phi) is 5.01. The molecule has 2 aliphatic rings. The molecule has 4 rings (SSSR count). The zero-order chi connectivity index (χ0) is 19.5. The molecule has 1 atom stereocenters. The van der Waals surface area contributed by atoms with Crippen LogP contribution in [-0.2, 0) is 9.59 Å². The maximum absolute atomic E-state index is 12.6. The number of piperidine rings is 1. The van der Waals surface area contributed by atoms with Crippen LogP contribution in [0.3, 0.4) is 0 Å². The van der Waals surface area contributed by atoms with Gasteiger partial charge in [0.2, 0.25) is 11.8 Å². The summed E-state index contributed by atoms with van der Waals surface area (Å²) in [6.07, 6.45) is 3.25. The second-order valence-electron chi connectivity index (χ2n) is 7.04. The first kappa shape index (κ1) is 18.1. The maximum Gasteiger partial charge on any atom is 0.322 e. The van der Waals surface area contributed by atoms with Crippen molar-refractivity contribution in [3.05, 3.63) is 48.4 Å². The Bertz CT molecular complexity index is 878. The average Bonchev–Trinajstić information content (AvgIpc) is 2.73. The summed E-state index contributed by atoms with van der Waals surface area (Å²) in [5, 5.41) is 4.66. The highest BCUT2D eigenvalue weighted by Crippen LogP contribution is 2.27. The first-order chi connectivity index (χ1) is 13.6. The summed E-state index contributed by atoms with van der Waals surface area (Å²) in [5.74, 6) is 0.333. The first-order valence-corrected chi connectivity index (χ1v) is 9.37. The standard InChI is InChI=1S/C20H21N5O3/c26-17-12-16(23-20(28)24-17)19(27)25-10-7-14(8-11-25)18-21-9-6-15(22-18)13-4-2-1-3-5-13/h1-6,9,14,16H,7-8,10-12H2,(H2,23,24,26,28)/t16-/m0/s1. The highest BCUT2D eigenvalue weighted by atomic mass is 16.2. The van der Waals surface area contributed by atoms with Gasteiger partial charge in [0.1, 0.15) is 11.9 Å². The summed E-state index contributed by atoms with van der Waals surface area (Å²) in [5.41, 5.74) is 1.94. The van der Waals surface area contributed by atoms with Crippen molar-refractivity contribution in [1.29, 1.82) is 0 Å². The quantitative estimate of drug-likeness (QED) is 0.840. The van der Waals surface area contributed by atoms with E-state index in [4.69, 9.17) is 4.98 Å². The summed E-state index contributed by atoms with van der Waals surface area (Å²) in [7, 11) is 0. The number of nitrogens with zero attached hydrogens (tertiary/aromatic N) is 3. The molecule has 1 aromatic carbocycles. The molecular formula is C20H21N5O3. The molecule has 2 N–H and O–H groups in total. The fourth-order valence-corrected chi connectivity index (χ4v) is 3.68. The summed E-state index contributed by atoms with van der Waals surface area (Å²) in [4.78, 5) is 46.4. The number of likely N-dealkylation sites (tertiary alicyclic amines) is 1. The van der Waals surface area contributed by atoms with E-state index in [1.54, 1.807) is 11.1 Å². The van der Waals surface area contributed by atoms with E-state index in [0.29, 0.717) is 13.1 Å². The third kappa shape index (κ3) is 3.85. The van der Waals surface area contributed by atoms with Crippen molar-refractivity contribution >= 4 is 17.8 Å². The molecule has 8 nitrogen and oxygen atoms in total. The molecule has 0 radical (unpaired) electrons. The van der Waals surface area contributed by atoms with Crippen LogP contribution in [0.5, 0.6) is 0 Å². The van der Waals surface area contributed by atoms with E-state index in [0.717, 1.165) is 29.9 Å². The smallest absolute Gasteiger partial charge is 0.322 e. The van der Waals surface area contributed by atoms with E-state index >= 15 is 0 Å². The van der Waals surface area contributed by atoms with Crippen LogP contribution >= 0.6 is 0 Å². The second-order valence-corrected chi connectivity index (χ2v) is 7.04. The van der Waals surface area contributed by atoms with Gasteiger partial charge in [-0.25, -0.2) is 14.8 Å². The molecule has 2 saturated heterocycles. The number of benzene rings is 1. The van der Waals surface area contributed by atoms with Crippen molar-refractivity contribution < 1.29 is 14.4 Å². The molecule has 1 aromatic heterocycles. The predicted octanol–water partition coefficient (Wildman–Crippen LogP) is 1.45. The van der Waals surface area contributed by atoms with Crippen LogP contribution in [0.2, 0.25) is 0 Å². The molecule has 0 aliphatic carbocycles. The van der Waals surface area contributed by atoms with Crippen molar-refractivity contribution in [2.24, 2.45) is 0 Å². The van der Waals surface area contributed by atoms with Gasteiger partial charge in [0, 0.05) is 30.8 Å². The van der Waals surface area contributed by atoms with E-state index < -0.39 is 18.0 Å². The van der Waals surface area contributed by atoms with Gasteiger partial charge in [0.25, 0.3) is 0 Å². The normalized spacial score (nSPS) is 20.4. The molecule has 2 fully saturated rings. The van der Waals surface area contributed by atoms with E-state index in [2.05, 4.69) is 15.6 Å². The SMILES string of the molecule is O=C1C[C@@H](C(=O)N2CCC(c3nccc(-c4ccccc4)n3)CC2)NC(=O)N1. The number of nitrogens with one attached hydrogen (secondary N) is 2. The second kappa shape index (κ2) is 7.75. The lowest BCUT2D eigenvalue weighted by atomic mass is 9.95. The largest absolute Gasteiger partial charge is 0.341 e.